The van der Waals surface area contributed by atoms with Crippen molar-refractivity contribution in [1.29, 1.82) is 0 Å². The monoisotopic (exact) mass is 367 g/mol. The molecule has 1 fully saturated rings. The molecule has 1 amide bonds. The Bertz CT molecular complexity index is 553. The molecular formula is C17H29N5O2S. The second-order valence-electron chi connectivity index (χ2n) is 6.10. The number of carbonyl (C=O) groups is 1. The van der Waals surface area contributed by atoms with Crippen molar-refractivity contribution in [3.8, 4) is 0 Å². The molecule has 1 N–H and O–H groups in total. The van der Waals surface area contributed by atoms with E-state index < -0.39 is 0 Å². The lowest BCUT2D eigenvalue weighted by Crippen LogP contribution is -2.54. The number of guanidine groups is 1. The van der Waals surface area contributed by atoms with Crippen molar-refractivity contribution in [2.45, 2.75) is 13.0 Å². The standard InChI is InChI=1S/C17H29N5O2S/c1-5-24-17(23)22-10-8-21(9-11-22)16(18-2)19-13-14(20(3)4)15-7-6-12-25-15/h6-7,12,14H,5,8-11,13H2,1-4H3,(H,18,19). The molecule has 1 saturated heterocycles. The molecular weight excluding hydrogens is 338 g/mol. The predicted octanol–water partition coefficient (Wildman–Crippen LogP) is 1.70. The smallest absolute Gasteiger partial charge is 0.409 e. The number of carbonyl (C=O) groups excluding carboxylic acids is 1. The fraction of sp³-hybridized carbons (Fsp3) is 0.647. The lowest BCUT2D eigenvalue weighted by atomic mass is 10.2. The molecule has 0 spiro atoms. The van der Waals surface area contributed by atoms with Crippen LogP contribution in [0.1, 0.15) is 17.8 Å². The minimum Gasteiger partial charge on any atom is -0.450 e. The van der Waals surface area contributed by atoms with Gasteiger partial charge < -0.3 is 24.8 Å². The number of piperazine rings is 1. The van der Waals surface area contributed by atoms with Crippen LogP contribution in [-0.2, 0) is 4.74 Å². The topological polar surface area (TPSA) is 60.4 Å². The van der Waals surface area contributed by atoms with Crippen LogP contribution in [0.2, 0.25) is 0 Å². The molecule has 2 heterocycles. The van der Waals surface area contributed by atoms with E-state index in [4.69, 9.17) is 4.74 Å². The van der Waals surface area contributed by atoms with Crippen molar-refractivity contribution in [1.82, 2.24) is 20.0 Å². The molecule has 7 nitrogen and oxygen atoms in total. The summed E-state index contributed by atoms with van der Waals surface area (Å²) in [5, 5.41) is 5.59. The number of hydrogen-bond donors (Lipinski definition) is 1. The molecule has 1 aliphatic rings. The average molecular weight is 368 g/mol. The van der Waals surface area contributed by atoms with E-state index in [-0.39, 0.29) is 6.09 Å². The summed E-state index contributed by atoms with van der Waals surface area (Å²) >= 11 is 1.77. The van der Waals surface area contributed by atoms with Crippen LogP contribution in [0.3, 0.4) is 0 Å². The second kappa shape index (κ2) is 9.62. The fourth-order valence-corrected chi connectivity index (χ4v) is 3.78. The highest BCUT2D eigenvalue weighted by Gasteiger charge is 2.24. The lowest BCUT2D eigenvalue weighted by molar-refractivity contribution is 0.0914. The molecule has 0 aliphatic carbocycles. The van der Waals surface area contributed by atoms with Gasteiger partial charge in [-0.1, -0.05) is 6.07 Å². The highest BCUT2D eigenvalue weighted by atomic mass is 32.1. The number of aliphatic imine (C=N–C) groups is 1. The Balaban J connectivity index is 1.88. The van der Waals surface area contributed by atoms with Gasteiger partial charge in [0.05, 0.1) is 12.6 Å². The zero-order chi connectivity index (χ0) is 18.2. The van der Waals surface area contributed by atoms with Gasteiger partial charge in [-0.2, -0.15) is 0 Å². The van der Waals surface area contributed by atoms with Gasteiger partial charge in [-0.15, -0.1) is 11.3 Å². The van der Waals surface area contributed by atoms with E-state index >= 15 is 0 Å². The minimum absolute atomic E-state index is 0.226. The number of likely N-dealkylation sites (N-methyl/N-ethyl adjacent to an activating group) is 1. The van der Waals surface area contributed by atoms with E-state index in [0.29, 0.717) is 25.7 Å². The van der Waals surface area contributed by atoms with Crippen molar-refractivity contribution >= 4 is 23.4 Å². The van der Waals surface area contributed by atoms with Gasteiger partial charge in [0.1, 0.15) is 0 Å². The molecule has 1 atom stereocenters. The summed E-state index contributed by atoms with van der Waals surface area (Å²) in [6, 6.07) is 4.55. The maximum absolute atomic E-state index is 11.8. The molecule has 1 unspecified atom stereocenters. The van der Waals surface area contributed by atoms with Gasteiger partial charge in [-0.3, -0.25) is 4.99 Å². The van der Waals surface area contributed by atoms with Crippen LogP contribution >= 0.6 is 11.3 Å². The summed E-state index contributed by atoms with van der Waals surface area (Å²) in [5.41, 5.74) is 0. The number of amides is 1. The normalized spacial score (nSPS) is 16.9. The van der Waals surface area contributed by atoms with Crippen LogP contribution in [0, 0.1) is 0 Å². The molecule has 25 heavy (non-hydrogen) atoms. The van der Waals surface area contributed by atoms with E-state index in [1.54, 1.807) is 23.3 Å². The van der Waals surface area contributed by atoms with Gasteiger partial charge in [-0.25, -0.2) is 4.79 Å². The van der Waals surface area contributed by atoms with E-state index in [1.807, 2.05) is 6.92 Å². The summed E-state index contributed by atoms with van der Waals surface area (Å²) in [4.78, 5) is 23.7. The van der Waals surface area contributed by atoms with Crippen molar-refractivity contribution in [2.24, 2.45) is 4.99 Å². The molecule has 2 rings (SSSR count). The van der Waals surface area contributed by atoms with Crippen LogP contribution < -0.4 is 5.32 Å². The van der Waals surface area contributed by atoms with Crippen molar-refractivity contribution in [2.75, 3.05) is 60.5 Å². The van der Waals surface area contributed by atoms with Crippen LogP contribution in [0.15, 0.2) is 22.5 Å². The quantitative estimate of drug-likeness (QED) is 0.634. The Morgan fingerprint density at radius 1 is 1.36 bits per heavy atom. The molecule has 0 aromatic carbocycles. The molecule has 8 heteroatoms. The van der Waals surface area contributed by atoms with E-state index in [2.05, 4.69) is 51.7 Å². The van der Waals surface area contributed by atoms with Crippen molar-refractivity contribution in [3.63, 3.8) is 0 Å². The lowest BCUT2D eigenvalue weighted by Gasteiger charge is -2.36. The van der Waals surface area contributed by atoms with Crippen molar-refractivity contribution in [3.05, 3.63) is 22.4 Å². The summed E-state index contributed by atoms with van der Waals surface area (Å²) < 4.78 is 5.07. The molecule has 0 saturated carbocycles. The first kappa shape index (κ1) is 19.5. The van der Waals surface area contributed by atoms with E-state index in [1.165, 1.54) is 4.88 Å². The second-order valence-corrected chi connectivity index (χ2v) is 7.08. The maximum atomic E-state index is 11.8. The van der Waals surface area contributed by atoms with Crippen LogP contribution in [0.4, 0.5) is 4.79 Å². The third-order valence-corrected chi connectivity index (χ3v) is 5.24. The number of hydrogen-bond acceptors (Lipinski definition) is 5. The zero-order valence-corrected chi connectivity index (χ0v) is 16.4. The van der Waals surface area contributed by atoms with Crippen molar-refractivity contribution < 1.29 is 9.53 Å². The summed E-state index contributed by atoms with van der Waals surface area (Å²) in [6.45, 7) is 5.85. The molecule has 0 radical (unpaired) electrons. The van der Waals surface area contributed by atoms with Crippen LogP contribution in [0.5, 0.6) is 0 Å². The maximum Gasteiger partial charge on any atom is 0.409 e. The largest absolute Gasteiger partial charge is 0.450 e. The van der Waals surface area contributed by atoms with Gasteiger partial charge in [0.15, 0.2) is 5.96 Å². The van der Waals surface area contributed by atoms with Gasteiger partial charge in [0.2, 0.25) is 0 Å². The van der Waals surface area contributed by atoms with Crippen LogP contribution in [-0.4, -0.2) is 87.2 Å². The Morgan fingerprint density at radius 2 is 2.04 bits per heavy atom. The van der Waals surface area contributed by atoms with Gasteiger partial charge in [0.25, 0.3) is 0 Å². The first-order valence-electron chi connectivity index (χ1n) is 8.64. The Kier molecular flexibility index (Phi) is 7.52. The molecule has 0 bridgehead atoms. The number of nitrogens with one attached hydrogen (secondary N) is 1. The van der Waals surface area contributed by atoms with Gasteiger partial charge in [-0.05, 0) is 32.5 Å². The molecule has 1 aromatic heterocycles. The number of ether oxygens (including phenoxy) is 1. The Hall–Kier alpha value is -1.80. The minimum atomic E-state index is -0.226. The fourth-order valence-electron chi connectivity index (χ4n) is 2.85. The SMILES string of the molecule is CCOC(=O)N1CCN(C(=NC)NCC(c2cccs2)N(C)C)CC1. The number of thiophene rings is 1. The average Bonchev–Trinajstić information content (AvgIpc) is 3.13. The van der Waals surface area contributed by atoms with Gasteiger partial charge >= 0.3 is 6.09 Å². The highest BCUT2D eigenvalue weighted by molar-refractivity contribution is 7.10. The summed E-state index contributed by atoms with van der Waals surface area (Å²) in [5.74, 6) is 0.881. The third kappa shape index (κ3) is 5.34. The third-order valence-electron chi connectivity index (χ3n) is 4.27. The number of nitrogens with zero attached hydrogens (tertiary/aromatic N) is 4. The zero-order valence-electron chi connectivity index (χ0n) is 15.6. The number of rotatable bonds is 5. The van der Waals surface area contributed by atoms with Crippen LogP contribution in [0.25, 0.3) is 0 Å². The molecule has 1 aromatic rings. The molecule has 140 valence electrons. The van der Waals surface area contributed by atoms with E-state index in [0.717, 1.165) is 25.6 Å². The summed E-state index contributed by atoms with van der Waals surface area (Å²) in [7, 11) is 5.98. The van der Waals surface area contributed by atoms with E-state index in [9.17, 15) is 4.79 Å². The Labute approximate surface area is 154 Å². The first-order chi connectivity index (χ1) is 12.1. The predicted molar refractivity (Wildman–Crippen MR) is 102 cm³/mol. The van der Waals surface area contributed by atoms with Gasteiger partial charge in [0, 0.05) is 44.6 Å². The summed E-state index contributed by atoms with van der Waals surface area (Å²) in [6.07, 6.45) is -0.226. The first-order valence-corrected chi connectivity index (χ1v) is 9.51. The Morgan fingerprint density at radius 3 is 2.56 bits per heavy atom. The highest BCUT2D eigenvalue weighted by Crippen LogP contribution is 2.22. The molecule has 1 aliphatic heterocycles.